The van der Waals surface area contributed by atoms with Crippen molar-refractivity contribution in [2.75, 3.05) is 11.9 Å². The van der Waals surface area contributed by atoms with E-state index in [0.717, 1.165) is 0 Å². The molecule has 10 nitrogen and oxygen atoms in total. The fourth-order valence-electron chi connectivity index (χ4n) is 2.61. The predicted molar refractivity (Wildman–Crippen MR) is 104 cm³/mol. The van der Waals surface area contributed by atoms with Crippen LogP contribution in [0, 0.1) is 0 Å². The van der Waals surface area contributed by atoms with E-state index in [9.17, 15) is 14.4 Å². The molecule has 0 unspecified atom stereocenters. The molecule has 10 heteroatoms. The molecule has 1 amide bonds. The Morgan fingerprint density at radius 2 is 2.10 bits per heavy atom. The van der Waals surface area contributed by atoms with E-state index in [4.69, 9.17) is 9.15 Å². The summed E-state index contributed by atoms with van der Waals surface area (Å²) in [6.07, 6.45) is 1.96. The number of aromatic nitrogens is 4. The molecule has 29 heavy (non-hydrogen) atoms. The Kier molecular flexibility index (Phi) is 6.22. The number of furan rings is 1. The lowest BCUT2D eigenvalue weighted by Crippen LogP contribution is -2.20. The van der Waals surface area contributed by atoms with Gasteiger partial charge >= 0.3 is 5.97 Å². The van der Waals surface area contributed by atoms with Crippen LogP contribution in [0.3, 0.4) is 0 Å². The number of carbonyl (C=O) groups excluding carboxylic acids is 2. The molecule has 152 valence electrons. The van der Waals surface area contributed by atoms with E-state index in [1.54, 1.807) is 25.1 Å². The molecule has 3 heterocycles. The molecule has 3 aromatic heterocycles. The number of carbonyl (C=O) groups is 2. The van der Waals surface area contributed by atoms with Crippen molar-refractivity contribution in [2.24, 2.45) is 0 Å². The number of aryl methyl sites for hydroxylation is 1. The van der Waals surface area contributed by atoms with Crippen LogP contribution in [-0.2, 0) is 20.7 Å². The van der Waals surface area contributed by atoms with Crippen LogP contribution in [0.2, 0.25) is 0 Å². The molecule has 2 N–H and O–H groups in total. The largest absolute Gasteiger partial charge is 0.466 e. The number of anilines is 1. The van der Waals surface area contributed by atoms with Gasteiger partial charge in [-0.1, -0.05) is 6.92 Å². The first kappa shape index (κ1) is 20.1. The molecular formula is C19H21N5O5. The Bertz CT molecular complexity index is 1050. The summed E-state index contributed by atoms with van der Waals surface area (Å²) in [5.74, 6) is 0.0718. The van der Waals surface area contributed by atoms with Crippen LogP contribution in [-0.4, -0.2) is 38.2 Å². The smallest absolute Gasteiger partial charge is 0.306 e. The second kappa shape index (κ2) is 9.00. The molecule has 0 aromatic carbocycles. The van der Waals surface area contributed by atoms with E-state index in [1.165, 1.54) is 17.0 Å². The monoisotopic (exact) mass is 399 g/mol. The van der Waals surface area contributed by atoms with Gasteiger partial charge in [0.25, 0.3) is 5.56 Å². The van der Waals surface area contributed by atoms with Crippen molar-refractivity contribution in [1.82, 2.24) is 19.7 Å². The summed E-state index contributed by atoms with van der Waals surface area (Å²) in [6, 6.07) is 6.43. The van der Waals surface area contributed by atoms with E-state index >= 15 is 0 Å². The van der Waals surface area contributed by atoms with Gasteiger partial charge in [0, 0.05) is 24.2 Å². The van der Waals surface area contributed by atoms with E-state index in [1.807, 2.05) is 6.92 Å². The Morgan fingerprint density at radius 1 is 1.28 bits per heavy atom. The Morgan fingerprint density at radius 3 is 2.79 bits per heavy atom. The summed E-state index contributed by atoms with van der Waals surface area (Å²) < 4.78 is 11.5. The number of nitrogens with one attached hydrogen (secondary N) is 2. The van der Waals surface area contributed by atoms with Gasteiger partial charge in [-0.05, 0) is 25.5 Å². The maximum Gasteiger partial charge on any atom is 0.306 e. The summed E-state index contributed by atoms with van der Waals surface area (Å²) >= 11 is 0. The van der Waals surface area contributed by atoms with Crippen LogP contribution in [0.4, 0.5) is 5.82 Å². The maximum atomic E-state index is 12.3. The van der Waals surface area contributed by atoms with Crippen LogP contribution >= 0.6 is 0 Å². The highest BCUT2D eigenvalue weighted by Gasteiger charge is 2.17. The summed E-state index contributed by atoms with van der Waals surface area (Å²) in [7, 11) is 0. The lowest BCUT2D eigenvalue weighted by atomic mass is 10.3. The van der Waals surface area contributed by atoms with Gasteiger partial charge in [-0.3, -0.25) is 19.4 Å². The summed E-state index contributed by atoms with van der Waals surface area (Å²) in [5.41, 5.74) is 0.695. The first-order chi connectivity index (χ1) is 14.0. The fraction of sp³-hybridized carbons (Fsp3) is 0.316. The number of hydrogen-bond acceptors (Lipinski definition) is 7. The number of esters is 1. The SMILES string of the molecule is CCOC(=O)CCC(=O)Nc1cc(-c2ccco2)nn1-c1nc(CC)cc(=O)[nH]1. The van der Waals surface area contributed by atoms with Crippen LogP contribution in [0.1, 0.15) is 32.4 Å². The highest BCUT2D eigenvalue weighted by atomic mass is 16.5. The second-order valence-electron chi connectivity index (χ2n) is 6.07. The van der Waals surface area contributed by atoms with Crippen molar-refractivity contribution >= 4 is 17.7 Å². The van der Waals surface area contributed by atoms with Crippen LogP contribution in [0.25, 0.3) is 17.4 Å². The van der Waals surface area contributed by atoms with Crippen molar-refractivity contribution in [3.05, 3.63) is 46.6 Å². The van der Waals surface area contributed by atoms with Crippen molar-refractivity contribution < 1.29 is 18.7 Å². The molecular weight excluding hydrogens is 378 g/mol. The first-order valence-corrected chi connectivity index (χ1v) is 9.20. The third kappa shape index (κ3) is 4.98. The van der Waals surface area contributed by atoms with Gasteiger partial charge in [0.15, 0.2) is 5.76 Å². The van der Waals surface area contributed by atoms with Gasteiger partial charge in [-0.15, -0.1) is 0 Å². The van der Waals surface area contributed by atoms with Crippen LogP contribution < -0.4 is 10.9 Å². The number of aromatic amines is 1. The zero-order chi connectivity index (χ0) is 20.8. The van der Waals surface area contributed by atoms with Crippen LogP contribution in [0.5, 0.6) is 0 Å². The average molecular weight is 399 g/mol. The van der Waals surface area contributed by atoms with Gasteiger partial charge in [0.05, 0.1) is 19.3 Å². The molecule has 0 bridgehead atoms. The highest BCUT2D eigenvalue weighted by molar-refractivity contribution is 5.92. The standard InChI is InChI=1S/C19H21N5O5/c1-3-12-10-17(26)22-19(20-12)24-15(11-13(23-24)14-6-5-9-29-14)21-16(25)7-8-18(27)28-4-2/h5-6,9-11H,3-4,7-8H2,1-2H3,(H,21,25)(H,20,22,26). The third-order valence-corrected chi connectivity index (χ3v) is 3.96. The number of nitrogens with zero attached hydrogens (tertiary/aromatic N) is 3. The minimum absolute atomic E-state index is 0.0424. The highest BCUT2D eigenvalue weighted by Crippen LogP contribution is 2.24. The minimum atomic E-state index is -0.450. The summed E-state index contributed by atoms with van der Waals surface area (Å²) in [6.45, 7) is 3.83. The molecule has 0 aliphatic carbocycles. The lowest BCUT2D eigenvalue weighted by molar-refractivity contribution is -0.144. The fourth-order valence-corrected chi connectivity index (χ4v) is 2.61. The Balaban J connectivity index is 1.91. The quantitative estimate of drug-likeness (QED) is 0.554. The number of amides is 1. The van der Waals surface area contributed by atoms with Crippen molar-refractivity contribution in [1.29, 1.82) is 0 Å². The van der Waals surface area contributed by atoms with Gasteiger partial charge < -0.3 is 14.5 Å². The second-order valence-corrected chi connectivity index (χ2v) is 6.07. The van der Waals surface area contributed by atoms with E-state index in [2.05, 4.69) is 20.4 Å². The van der Waals surface area contributed by atoms with E-state index in [-0.39, 0.29) is 36.8 Å². The Hall–Kier alpha value is -3.69. The lowest BCUT2D eigenvalue weighted by Gasteiger charge is -2.08. The van der Waals surface area contributed by atoms with Gasteiger partial charge in [0.1, 0.15) is 11.5 Å². The maximum absolute atomic E-state index is 12.3. The number of H-pyrrole nitrogens is 1. The first-order valence-electron chi connectivity index (χ1n) is 9.20. The normalized spacial score (nSPS) is 10.7. The predicted octanol–water partition coefficient (Wildman–Crippen LogP) is 2.06. The van der Waals surface area contributed by atoms with Crippen molar-refractivity contribution in [2.45, 2.75) is 33.1 Å². The van der Waals surface area contributed by atoms with E-state index < -0.39 is 11.9 Å². The molecule has 0 saturated carbocycles. The zero-order valence-corrected chi connectivity index (χ0v) is 16.1. The van der Waals surface area contributed by atoms with Crippen molar-refractivity contribution in [3.8, 4) is 17.4 Å². The molecule has 3 rings (SSSR count). The average Bonchev–Trinajstić information content (AvgIpc) is 3.36. The van der Waals surface area contributed by atoms with Gasteiger partial charge in [-0.25, -0.2) is 4.98 Å². The van der Waals surface area contributed by atoms with Gasteiger partial charge in [-0.2, -0.15) is 9.78 Å². The molecule has 0 aliphatic heterocycles. The van der Waals surface area contributed by atoms with E-state index in [0.29, 0.717) is 23.6 Å². The number of hydrogen-bond donors (Lipinski definition) is 2. The number of rotatable bonds is 8. The molecule has 0 fully saturated rings. The molecule has 0 saturated heterocycles. The summed E-state index contributed by atoms with van der Waals surface area (Å²) in [4.78, 5) is 42.7. The molecule has 0 radical (unpaired) electrons. The molecule has 0 aliphatic rings. The Labute approximate surface area is 165 Å². The summed E-state index contributed by atoms with van der Waals surface area (Å²) in [5, 5.41) is 7.10. The number of ether oxygens (including phenoxy) is 1. The van der Waals surface area contributed by atoms with Crippen molar-refractivity contribution in [3.63, 3.8) is 0 Å². The molecule has 0 atom stereocenters. The van der Waals surface area contributed by atoms with Crippen LogP contribution in [0.15, 0.2) is 39.7 Å². The molecule has 0 spiro atoms. The minimum Gasteiger partial charge on any atom is -0.466 e. The topological polar surface area (TPSA) is 132 Å². The van der Waals surface area contributed by atoms with Gasteiger partial charge in [0.2, 0.25) is 11.9 Å². The zero-order valence-electron chi connectivity index (χ0n) is 16.1. The third-order valence-electron chi connectivity index (χ3n) is 3.96. The molecule has 3 aromatic rings.